The number of alkyl halides is 2. The molecule has 0 aliphatic rings. The van der Waals surface area contributed by atoms with Crippen molar-refractivity contribution >= 4 is 37.4 Å². The molecular weight excluding hydrogens is 279 g/mol. The first-order valence-corrected chi connectivity index (χ1v) is 6.72. The molecule has 6 heteroatoms. The SMILES string of the molecule is CC(C)(C)[C@@H](O)[C@](Cl)(Br)S(C)(=O)=O. The van der Waals surface area contributed by atoms with Crippen molar-refractivity contribution in [2.24, 2.45) is 5.41 Å². The fourth-order valence-electron chi connectivity index (χ4n) is 0.707. The predicted molar refractivity (Wildman–Crippen MR) is 57.8 cm³/mol. The average molecular weight is 294 g/mol. The summed E-state index contributed by atoms with van der Waals surface area (Å²) in [7, 11) is -3.55. The second-order valence-corrected chi connectivity index (χ2v) is 9.34. The average Bonchev–Trinajstić information content (AvgIpc) is 1.81. The molecule has 0 aromatic rings. The van der Waals surface area contributed by atoms with Crippen LogP contribution in [0, 0.1) is 5.41 Å². The monoisotopic (exact) mass is 292 g/mol. The third-order valence-corrected chi connectivity index (χ3v) is 6.09. The number of sulfone groups is 1. The number of aliphatic hydroxyl groups excluding tert-OH is 1. The molecule has 0 unspecified atom stereocenters. The second-order valence-electron chi connectivity index (χ2n) is 4.10. The van der Waals surface area contributed by atoms with Crippen LogP contribution >= 0.6 is 27.5 Å². The lowest BCUT2D eigenvalue weighted by Crippen LogP contribution is -2.45. The van der Waals surface area contributed by atoms with Gasteiger partial charge in [0.05, 0.1) is 0 Å². The van der Waals surface area contributed by atoms with Crippen LogP contribution in [-0.4, -0.2) is 29.0 Å². The molecule has 0 amide bonds. The van der Waals surface area contributed by atoms with Crippen LogP contribution in [0.1, 0.15) is 20.8 Å². The minimum absolute atomic E-state index is 0.603. The Kier molecular flexibility index (Phi) is 3.87. The number of hydrogen-bond acceptors (Lipinski definition) is 3. The van der Waals surface area contributed by atoms with Gasteiger partial charge < -0.3 is 5.11 Å². The number of rotatable bonds is 2. The number of aliphatic hydroxyl groups is 1. The summed E-state index contributed by atoms with van der Waals surface area (Å²) in [4.78, 5) is 0. The molecule has 0 bridgehead atoms. The maximum atomic E-state index is 11.2. The molecule has 1 N–H and O–H groups in total. The highest BCUT2D eigenvalue weighted by atomic mass is 79.9. The van der Waals surface area contributed by atoms with Gasteiger partial charge in [-0.2, -0.15) is 0 Å². The lowest BCUT2D eigenvalue weighted by Gasteiger charge is -2.34. The van der Waals surface area contributed by atoms with Crippen LogP contribution < -0.4 is 0 Å². The fourth-order valence-corrected chi connectivity index (χ4v) is 2.48. The Morgan fingerprint density at radius 2 is 1.69 bits per heavy atom. The van der Waals surface area contributed by atoms with Gasteiger partial charge in [-0.3, -0.25) is 0 Å². The zero-order chi connectivity index (χ0) is 11.1. The van der Waals surface area contributed by atoms with E-state index in [9.17, 15) is 13.5 Å². The molecule has 0 saturated heterocycles. The molecule has 0 fully saturated rings. The standard InChI is InChI=1S/C7H14BrClO3S/c1-6(2,3)5(10)7(8,9)13(4,11)12/h5,10H,1-4H3/t5-,7-/m1/s1. The smallest absolute Gasteiger partial charge is 0.225 e. The summed E-state index contributed by atoms with van der Waals surface area (Å²) >= 11 is 8.56. The predicted octanol–water partition coefficient (Wildman–Crippen LogP) is 1.73. The molecule has 0 rings (SSSR count). The van der Waals surface area contributed by atoms with Crippen molar-refractivity contribution in [1.29, 1.82) is 0 Å². The van der Waals surface area contributed by atoms with Crippen LogP contribution in [0.15, 0.2) is 0 Å². The van der Waals surface area contributed by atoms with Crippen LogP contribution in [0.2, 0.25) is 0 Å². The van der Waals surface area contributed by atoms with Gasteiger partial charge in [0.2, 0.25) is 3.12 Å². The van der Waals surface area contributed by atoms with Crippen molar-refractivity contribution in [1.82, 2.24) is 0 Å². The summed E-state index contributed by atoms with van der Waals surface area (Å²) < 4.78 is 20.6. The third kappa shape index (κ3) is 3.08. The Balaban J connectivity index is 5.09. The van der Waals surface area contributed by atoms with Gasteiger partial charge in [0.1, 0.15) is 6.10 Å². The Bertz CT molecular complexity index is 279. The summed E-state index contributed by atoms with van der Waals surface area (Å²) in [6.07, 6.45) is -0.208. The molecule has 0 aromatic carbocycles. The molecule has 2 atom stereocenters. The summed E-state index contributed by atoms with van der Waals surface area (Å²) in [5.74, 6) is 0. The van der Waals surface area contributed by atoms with Crippen molar-refractivity contribution < 1.29 is 13.5 Å². The maximum Gasteiger partial charge on any atom is 0.225 e. The first-order chi connectivity index (χ1) is 5.40. The van der Waals surface area contributed by atoms with Gasteiger partial charge in [0.15, 0.2) is 9.84 Å². The van der Waals surface area contributed by atoms with Crippen LogP contribution in [0.25, 0.3) is 0 Å². The van der Waals surface area contributed by atoms with Gasteiger partial charge >= 0.3 is 0 Å². The molecular formula is C7H14BrClO3S. The Morgan fingerprint density at radius 3 is 1.77 bits per heavy atom. The van der Waals surface area contributed by atoms with Gasteiger partial charge in [0, 0.05) is 6.26 Å². The van der Waals surface area contributed by atoms with E-state index in [1.54, 1.807) is 20.8 Å². The van der Waals surface area contributed by atoms with E-state index in [2.05, 4.69) is 15.9 Å². The summed E-state index contributed by atoms with van der Waals surface area (Å²) in [5.41, 5.74) is -0.603. The second kappa shape index (κ2) is 3.68. The number of hydrogen-bond donors (Lipinski definition) is 1. The van der Waals surface area contributed by atoms with E-state index in [0.29, 0.717) is 0 Å². The molecule has 0 spiro atoms. The molecule has 0 radical (unpaired) electrons. The van der Waals surface area contributed by atoms with Gasteiger partial charge in [-0.1, -0.05) is 32.4 Å². The third-order valence-electron chi connectivity index (χ3n) is 1.63. The highest BCUT2D eigenvalue weighted by Gasteiger charge is 2.48. The van der Waals surface area contributed by atoms with Gasteiger partial charge in [-0.25, -0.2) is 8.42 Å². The normalized spacial score (nSPS) is 20.8. The Labute approximate surface area is 92.5 Å². The van der Waals surface area contributed by atoms with E-state index in [0.717, 1.165) is 6.26 Å². The summed E-state index contributed by atoms with van der Waals surface area (Å²) in [5, 5.41) is 9.69. The first-order valence-electron chi connectivity index (χ1n) is 3.66. The molecule has 80 valence electrons. The van der Waals surface area contributed by atoms with Crippen LogP contribution in [0.3, 0.4) is 0 Å². The van der Waals surface area contributed by atoms with Gasteiger partial charge in [0.25, 0.3) is 0 Å². The molecule has 3 nitrogen and oxygen atoms in total. The van der Waals surface area contributed by atoms with E-state index in [1.807, 2.05) is 0 Å². The quantitative estimate of drug-likeness (QED) is 0.789. The maximum absolute atomic E-state index is 11.2. The first kappa shape index (κ1) is 13.7. The fraction of sp³-hybridized carbons (Fsp3) is 1.00. The Hall–Kier alpha value is 0.680. The molecule has 0 aliphatic heterocycles. The summed E-state index contributed by atoms with van der Waals surface area (Å²) in [6.45, 7) is 5.13. The molecule has 0 heterocycles. The molecule has 0 aliphatic carbocycles. The lowest BCUT2D eigenvalue weighted by atomic mass is 9.90. The lowest BCUT2D eigenvalue weighted by molar-refractivity contribution is 0.0693. The zero-order valence-electron chi connectivity index (χ0n) is 8.01. The van der Waals surface area contributed by atoms with Crippen molar-refractivity contribution in [2.45, 2.75) is 30.0 Å². The topological polar surface area (TPSA) is 54.4 Å². The molecule has 0 saturated carbocycles. The highest BCUT2D eigenvalue weighted by molar-refractivity contribution is 9.12. The van der Waals surface area contributed by atoms with Crippen molar-refractivity contribution in [3.8, 4) is 0 Å². The molecule has 13 heavy (non-hydrogen) atoms. The van der Waals surface area contributed by atoms with Gasteiger partial charge in [-0.05, 0) is 21.3 Å². The van der Waals surface area contributed by atoms with Crippen LogP contribution in [0.4, 0.5) is 0 Å². The highest BCUT2D eigenvalue weighted by Crippen LogP contribution is 2.41. The van der Waals surface area contributed by atoms with E-state index >= 15 is 0 Å². The minimum Gasteiger partial charge on any atom is -0.389 e. The van der Waals surface area contributed by atoms with E-state index < -0.39 is 24.5 Å². The van der Waals surface area contributed by atoms with Gasteiger partial charge in [-0.15, -0.1) is 0 Å². The van der Waals surface area contributed by atoms with Crippen molar-refractivity contribution in [3.05, 3.63) is 0 Å². The zero-order valence-corrected chi connectivity index (χ0v) is 11.2. The molecule has 0 aromatic heterocycles. The van der Waals surface area contributed by atoms with Crippen molar-refractivity contribution in [2.75, 3.05) is 6.26 Å². The van der Waals surface area contributed by atoms with E-state index in [4.69, 9.17) is 11.6 Å². The Morgan fingerprint density at radius 1 is 1.38 bits per heavy atom. The van der Waals surface area contributed by atoms with E-state index in [1.165, 1.54) is 0 Å². The minimum atomic E-state index is -3.55. The van der Waals surface area contributed by atoms with Crippen molar-refractivity contribution in [3.63, 3.8) is 0 Å². The summed E-state index contributed by atoms with van der Waals surface area (Å²) in [6, 6.07) is 0. The van der Waals surface area contributed by atoms with E-state index in [-0.39, 0.29) is 0 Å². The van der Waals surface area contributed by atoms with Crippen LogP contribution in [0.5, 0.6) is 0 Å². The number of halogens is 2. The largest absolute Gasteiger partial charge is 0.389 e. The van der Waals surface area contributed by atoms with Crippen LogP contribution in [-0.2, 0) is 9.84 Å².